The van der Waals surface area contributed by atoms with Gasteiger partial charge in [0.25, 0.3) is 5.91 Å². The fraction of sp³-hybridized carbons (Fsp3) is 0.588. The van der Waals surface area contributed by atoms with Gasteiger partial charge in [-0.15, -0.1) is 0 Å². The molecule has 1 N–H and O–H groups in total. The molecule has 1 amide bonds. The molecule has 1 heterocycles. The number of hydrogen-bond donors (Lipinski definition) is 1. The molecule has 0 aromatic heterocycles. The number of hydrogen-bond acceptors (Lipinski definition) is 4. The zero-order valence-corrected chi connectivity index (χ0v) is 15.1. The SMILES string of the molecule is CN(C)C1CCC2(CC1NC(=O)c1ccc(Br)cc1)OCCO2. The molecule has 5 nitrogen and oxygen atoms in total. The maximum atomic E-state index is 12.6. The molecule has 1 aromatic carbocycles. The van der Waals surface area contributed by atoms with E-state index < -0.39 is 5.79 Å². The van der Waals surface area contributed by atoms with Crippen molar-refractivity contribution in [3.8, 4) is 0 Å². The van der Waals surface area contributed by atoms with E-state index in [2.05, 4.69) is 40.2 Å². The normalized spacial score (nSPS) is 26.6. The van der Waals surface area contributed by atoms with Gasteiger partial charge in [0.05, 0.1) is 13.2 Å². The molecular weight excluding hydrogens is 360 g/mol. The van der Waals surface area contributed by atoms with Crippen LogP contribution in [0.3, 0.4) is 0 Å². The van der Waals surface area contributed by atoms with Crippen molar-refractivity contribution in [2.24, 2.45) is 0 Å². The second-order valence-electron chi connectivity index (χ2n) is 6.47. The van der Waals surface area contributed by atoms with Crippen molar-refractivity contribution < 1.29 is 14.3 Å². The number of benzene rings is 1. The topological polar surface area (TPSA) is 50.8 Å². The Balaban J connectivity index is 1.73. The van der Waals surface area contributed by atoms with E-state index in [0.717, 1.165) is 17.3 Å². The van der Waals surface area contributed by atoms with Gasteiger partial charge >= 0.3 is 0 Å². The zero-order valence-electron chi connectivity index (χ0n) is 13.5. The van der Waals surface area contributed by atoms with E-state index in [-0.39, 0.29) is 18.0 Å². The van der Waals surface area contributed by atoms with E-state index in [1.54, 1.807) is 0 Å². The third-order valence-electron chi connectivity index (χ3n) is 4.72. The van der Waals surface area contributed by atoms with Crippen molar-refractivity contribution in [1.82, 2.24) is 10.2 Å². The number of rotatable bonds is 3. The summed E-state index contributed by atoms with van der Waals surface area (Å²) in [5.41, 5.74) is 0.665. The van der Waals surface area contributed by atoms with Crippen LogP contribution in [0.2, 0.25) is 0 Å². The molecule has 1 spiro atoms. The molecule has 2 atom stereocenters. The van der Waals surface area contributed by atoms with Crippen molar-refractivity contribution in [2.75, 3.05) is 27.3 Å². The Hall–Kier alpha value is -0.950. The maximum Gasteiger partial charge on any atom is 0.251 e. The number of ether oxygens (including phenoxy) is 2. The van der Waals surface area contributed by atoms with Crippen LogP contribution in [0, 0.1) is 0 Å². The van der Waals surface area contributed by atoms with Crippen molar-refractivity contribution >= 4 is 21.8 Å². The van der Waals surface area contributed by atoms with Crippen molar-refractivity contribution in [2.45, 2.75) is 37.1 Å². The minimum Gasteiger partial charge on any atom is -0.348 e. The minimum atomic E-state index is -0.510. The van der Waals surface area contributed by atoms with E-state index in [1.807, 2.05) is 24.3 Å². The first-order chi connectivity index (χ1) is 11.0. The fourth-order valence-electron chi connectivity index (χ4n) is 3.52. The summed E-state index contributed by atoms with van der Waals surface area (Å²) in [6, 6.07) is 7.70. The minimum absolute atomic E-state index is 0.00740. The molecule has 2 unspecified atom stereocenters. The second-order valence-corrected chi connectivity index (χ2v) is 7.38. The number of carbonyl (C=O) groups is 1. The first kappa shape index (κ1) is 16.9. The molecule has 1 aliphatic heterocycles. The Morgan fingerprint density at radius 2 is 1.91 bits per heavy atom. The van der Waals surface area contributed by atoms with Crippen LogP contribution in [0.1, 0.15) is 29.6 Å². The van der Waals surface area contributed by atoms with Gasteiger partial charge in [-0.1, -0.05) is 15.9 Å². The van der Waals surface area contributed by atoms with E-state index in [0.29, 0.717) is 25.2 Å². The maximum absolute atomic E-state index is 12.6. The van der Waals surface area contributed by atoms with Gasteiger partial charge in [0.1, 0.15) is 0 Å². The lowest BCUT2D eigenvalue weighted by Gasteiger charge is -2.43. The molecule has 23 heavy (non-hydrogen) atoms. The highest BCUT2D eigenvalue weighted by atomic mass is 79.9. The zero-order chi connectivity index (χ0) is 16.4. The molecule has 2 fully saturated rings. The average molecular weight is 383 g/mol. The molecule has 0 radical (unpaired) electrons. The van der Waals surface area contributed by atoms with Crippen LogP contribution in [0.5, 0.6) is 0 Å². The van der Waals surface area contributed by atoms with Gasteiger partial charge in [-0.3, -0.25) is 4.79 Å². The van der Waals surface area contributed by atoms with Crippen LogP contribution in [-0.2, 0) is 9.47 Å². The van der Waals surface area contributed by atoms with Crippen LogP contribution in [-0.4, -0.2) is 56.0 Å². The summed E-state index contributed by atoms with van der Waals surface area (Å²) < 4.78 is 12.7. The molecule has 1 saturated heterocycles. The highest BCUT2D eigenvalue weighted by Crippen LogP contribution is 2.37. The Labute approximate surface area is 145 Å². The predicted molar refractivity (Wildman–Crippen MR) is 91.4 cm³/mol. The summed E-state index contributed by atoms with van der Waals surface area (Å²) in [5, 5.41) is 3.18. The Morgan fingerprint density at radius 3 is 2.52 bits per heavy atom. The number of amides is 1. The van der Waals surface area contributed by atoms with E-state index >= 15 is 0 Å². The third kappa shape index (κ3) is 3.76. The molecule has 1 aromatic rings. The number of likely N-dealkylation sites (N-methyl/N-ethyl adjacent to an activating group) is 1. The molecule has 3 rings (SSSR count). The molecule has 126 valence electrons. The van der Waals surface area contributed by atoms with Crippen molar-refractivity contribution in [3.05, 3.63) is 34.3 Å². The Morgan fingerprint density at radius 1 is 1.26 bits per heavy atom. The summed E-state index contributed by atoms with van der Waals surface area (Å²) in [5.74, 6) is -0.561. The van der Waals surface area contributed by atoms with Gasteiger partial charge < -0.3 is 19.7 Å². The van der Waals surface area contributed by atoms with E-state index in [9.17, 15) is 4.79 Å². The lowest BCUT2D eigenvalue weighted by molar-refractivity contribution is -0.188. The fourth-order valence-corrected chi connectivity index (χ4v) is 3.78. The van der Waals surface area contributed by atoms with Crippen LogP contribution in [0.15, 0.2) is 28.7 Å². The van der Waals surface area contributed by atoms with Crippen LogP contribution in [0.25, 0.3) is 0 Å². The summed E-state index contributed by atoms with van der Waals surface area (Å²) in [4.78, 5) is 14.7. The van der Waals surface area contributed by atoms with Gasteiger partial charge in [0, 0.05) is 35.0 Å². The summed E-state index contributed by atoms with van der Waals surface area (Å²) in [6.45, 7) is 1.28. The summed E-state index contributed by atoms with van der Waals surface area (Å²) >= 11 is 3.39. The van der Waals surface area contributed by atoms with Crippen molar-refractivity contribution in [3.63, 3.8) is 0 Å². The first-order valence-electron chi connectivity index (χ1n) is 8.00. The van der Waals surface area contributed by atoms with E-state index in [4.69, 9.17) is 9.47 Å². The highest BCUT2D eigenvalue weighted by molar-refractivity contribution is 9.10. The third-order valence-corrected chi connectivity index (χ3v) is 5.24. The van der Waals surface area contributed by atoms with Crippen molar-refractivity contribution in [1.29, 1.82) is 0 Å². The number of nitrogens with zero attached hydrogens (tertiary/aromatic N) is 1. The van der Waals surface area contributed by atoms with Gasteiger partial charge in [0.15, 0.2) is 5.79 Å². The standard InChI is InChI=1S/C17H23BrN2O3/c1-20(2)15-7-8-17(22-9-10-23-17)11-14(15)19-16(21)12-3-5-13(18)6-4-12/h3-6,14-15H,7-11H2,1-2H3,(H,19,21). The largest absolute Gasteiger partial charge is 0.348 e. The number of nitrogens with one attached hydrogen (secondary N) is 1. The van der Waals surface area contributed by atoms with Gasteiger partial charge in [-0.2, -0.15) is 0 Å². The van der Waals surface area contributed by atoms with Crippen LogP contribution in [0.4, 0.5) is 0 Å². The van der Waals surface area contributed by atoms with Crippen LogP contribution >= 0.6 is 15.9 Å². The monoisotopic (exact) mass is 382 g/mol. The molecule has 1 aliphatic carbocycles. The smallest absolute Gasteiger partial charge is 0.251 e. The molecule has 0 bridgehead atoms. The lowest BCUT2D eigenvalue weighted by Crippen LogP contribution is -2.57. The highest BCUT2D eigenvalue weighted by Gasteiger charge is 2.46. The lowest BCUT2D eigenvalue weighted by atomic mass is 9.84. The summed E-state index contributed by atoms with van der Waals surface area (Å²) in [7, 11) is 4.11. The molecule has 6 heteroatoms. The molecular formula is C17H23BrN2O3. The van der Waals surface area contributed by atoms with Crippen LogP contribution < -0.4 is 5.32 Å². The average Bonchev–Trinajstić information content (AvgIpc) is 2.95. The summed E-state index contributed by atoms with van der Waals surface area (Å²) in [6.07, 6.45) is 2.51. The second kappa shape index (κ2) is 6.89. The van der Waals surface area contributed by atoms with Gasteiger partial charge in [0.2, 0.25) is 0 Å². The number of carbonyl (C=O) groups excluding carboxylic acids is 1. The molecule has 2 aliphatic rings. The van der Waals surface area contributed by atoms with E-state index in [1.165, 1.54) is 0 Å². The van der Waals surface area contributed by atoms with Gasteiger partial charge in [-0.05, 0) is 44.8 Å². The Bertz CT molecular complexity index is 555. The predicted octanol–water partition coefficient (Wildman–Crippen LogP) is 2.40. The number of halogens is 1. The Kier molecular flexibility index (Phi) is 5.06. The van der Waals surface area contributed by atoms with Gasteiger partial charge in [-0.25, -0.2) is 0 Å². The first-order valence-corrected chi connectivity index (χ1v) is 8.79. The quantitative estimate of drug-likeness (QED) is 0.871. The molecule has 1 saturated carbocycles.